The lowest BCUT2D eigenvalue weighted by Gasteiger charge is -2.33. The van der Waals surface area contributed by atoms with Gasteiger partial charge in [0.2, 0.25) is 5.91 Å². The summed E-state index contributed by atoms with van der Waals surface area (Å²) in [7, 11) is 0. The summed E-state index contributed by atoms with van der Waals surface area (Å²) in [5.74, 6) is 1.80. The Morgan fingerprint density at radius 3 is 2.30 bits per heavy atom. The SMILES string of the molecule is O=C(CC1CCN(c2cccnn2)CC1)N1CCCCCCN(Cc2ccccc2)CCC1. The summed E-state index contributed by atoms with van der Waals surface area (Å²) < 4.78 is 0. The predicted octanol–water partition coefficient (Wildman–Crippen LogP) is 4.38. The number of hydrogen-bond donors (Lipinski definition) is 0. The molecule has 0 aliphatic carbocycles. The summed E-state index contributed by atoms with van der Waals surface area (Å²) in [4.78, 5) is 20.3. The van der Waals surface area contributed by atoms with E-state index in [-0.39, 0.29) is 0 Å². The van der Waals surface area contributed by atoms with Gasteiger partial charge < -0.3 is 9.80 Å². The van der Waals surface area contributed by atoms with Crippen LogP contribution in [0.4, 0.5) is 5.82 Å². The number of carbonyl (C=O) groups excluding carboxylic acids is 1. The van der Waals surface area contributed by atoms with Crippen LogP contribution >= 0.6 is 0 Å². The van der Waals surface area contributed by atoms with E-state index in [9.17, 15) is 4.79 Å². The summed E-state index contributed by atoms with van der Waals surface area (Å²) in [6.45, 7) is 6.98. The van der Waals surface area contributed by atoms with E-state index in [4.69, 9.17) is 0 Å². The van der Waals surface area contributed by atoms with Crippen LogP contribution < -0.4 is 4.90 Å². The Morgan fingerprint density at radius 2 is 1.55 bits per heavy atom. The topological polar surface area (TPSA) is 52.6 Å². The number of hydrogen-bond acceptors (Lipinski definition) is 5. The standard InChI is InChI=1S/C27H39N5O/c33-27(22-24-13-20-31(21-14-24)26-12-8-15-28-29-26)32-18-7-2-1-6-16-30(17-9-19-32)23-25-10-4-3-5-11-25/h3-5,8,10-12,15,24H,1-2,6-7,9,13-14,16-23H2. The molecule has 2 fully saturated rings. The fraction of sp³-hybridized carbons (Fsp3) is 0.593. The van der Waals surface area contributed by atoms with Crippen LogP contribution in [0.3, 0.4) is 0 Å². The molecule has 0 saturated carbocycles. The molecule has 1 amide bonds. The van der Waals surface area contributed by atoms with Crippen molar-refractivity contribution in [2.45, 2.75) is 57.9 Å². The van der Waals surface area contributed by atoms with E-state index >= 15 is 0 Å². The third-order valence-corrected chi connectivity index (χ3v) is 7.12. The number of anilines is 1. The van der Waals surface area contributed by atoms with Gasteiger partial charge in [-0.25, -0.2) is 0 Å². The van der Waals surface area contributed by atoms with Crippen LogP contribution in [0.5, 0.6) is 0 Å². The molecule has 178 valence electrons. The highest BCUT2D eigenvalue weighted by Gasteiger charge is 2.25. The molecule has 2 saturated heterocycles. The molecule has 3 heterocycles. The van der Waals surface area contributed by atoms with E-state index in [0.717, 1.165) is 77.3 Å². The molecule has 2 aliphatic heterocycles. The van der Waals surface area contributed by atoms with E-state index in [1.54, 1.807) is 6.20 Å². The first-order valence-corrected chi connectivity index (χ1v) is 12.8. The number of rotatable bonds is 5. The molecule has 4 rings (SSSR count). The van der Waals surface area contributed by atoms with Crippen molar-refractivity contribution in [2.24, 2.45) is 5.92 Å². The van der Waals surface area contributed by atoms with Gasteiger partial charge in [-0.15, -0.1) is 5.10 Å². The Bertz CT molecular complexity index is 823. The van der Waals surface area contributed by atoms with Crippen LogP contribution in [0.2, 0.25) is 0 Å². The van der Waals surface area contributed by atoms with Crippen molar-refractivity contribution < 1.29 is 4.79 Å². The number of benzene rings is 1. The maximum atomic E-state index is 13.2. The molecule has 33 heavy (non-hydrogen) atoms. The minimum absolute atomic E-state index is 0.363. The van der Waals surface area contributed by atoms with Crippen molar-refractivity contribution >= 4 is 11.7 Å². The summed E-state index contributed by atoms with van der Waals surface area (Å²) in [5, 5.41) is 8.23. The third-order valence-electron chi connectivity index (χ3n) is 7.12. The van der Waals surface area contributed by atoms with E-state index in [1.165, 1.54) is 24.8 Å². The van der Waals surface area contributed by atoms with Gasteiger partial charge in [-0.3, -0.25) is 9.69 Å². The largest absolute Gasteiger partial charge is 0.355 e. The summed E-state index contributed by atoms with van der Waals surface area (Å²) in [5.41, 5.74) is 1.38. The van der Waals surface area contributed by atoms with Gasteiger partial charge in [0.25, 0.3) is 0 Å². The van der Waals surface area contributed by atoms with Crippen molar-refractivity contribution in [1.82, 2.24) is 20.0 Å². The Kier molecular flexibility index (Phi) is 9.10. The molecule has 0 N–H and O–H groups in total. The molecule has 0 atom stereocenters. The Hall–Kier alpha value is -2.47. The zero-order valence-corrected chi connectivity index (χ0v) is 19.9. The van der Waals surface area contributed by atoms with Crippen LogP contribution in [-0.2, 0) is 11.3 Å². The first-order valence-electron chi connectivity index (χ1n) is 12.8. The molecule has 1 aromatic carbocycles. The van der Waals surface area contributed by atoms with Crippen molar-refractivity contribution in [2.75, 3.05) is 44.2 Å². The molecule has 2 aromatic rings. The maximum Gasteiger partial charge on any atom is 0.222 e. The number of carbonyl (C=O) groups is 1. The van der Waals surface area contributed by atoms with Gasteiger partial charge >= 0.3 is 0 Å². The fourth-order valence-corrected chi connectivity index (χ4v) is 5.15. The smallest absolute Gasteiger partial charge is 0.222 e. The second-order valence-corrected chi connectivity index (χ2v) is 9.63. The van der Waals surface area contributed by atoms with E-state index in [2.05, 4.69) is 55.2 Å². The molecule has 6 heteroatoms. The van der Waals surface area contributed by atoms with Crippen molar-refractivity contribution in [3.63, 3.8) is 0 Å². The highest BCUT2D eigenvalue weighted by molar-refractivity contribution is 5.76. The van der Waals surface area contributed by atoms with Gasteiger partial charge in [-0.05, 0) is 62.3 Å². The van der Waals surface area contributed by atoms with Gasteiger partial charge in [-0.2, -0.15) is 5.10 Å². The molecule has 2 aliphatic rings. The predicted molar refractivity (Wildman–Crippen MR) is 133 cm³/mol. The Morgan fingerprint density at radius 1 is 0.818 bits per heavy atom. The summed E-state index contributed by atoms with van der Waals surface area (Å²) >= 11 is 0. The van der Waals surface area contributed by atoms with Crippen LogP contribution in [0.15, 0.2) is 48.7 Å². The number of piperidine rings is 1. The summed E-state index contributed by atoms with van der Waals surface area (Å²) in [6.07, 6.45) is 10.5. The minimum Gasteiger partial charge on any atom is -0.355 e. The van der Waals surface area contributed by atoms with Crippen LogP contribution in [0.25, 0.3) is 0 Å². The number of amides is 1. The van der Waals surface area contributed by atoms with Gasteiger partial charge in [0, 0.05) is 51.9 Å². The van der Waals surface area contributed by atoms with Crippen molar-refractivity contribution in [3.05, 3.63) is 54.2 Å². The molecule has 0 bridgehead atoms. The van der Waals surface area contributed by atoms with Crippen LogP contribution in [0.1, 0.15) is 56.9 Å². The highest BCUT2D eigenvalue weighted by Crippen LogP contribution is 2.24. The quantitative estimate of drug-likeness (QED) is 0.678. The lowest BCUT2D eigenvalue weighted by Crippen LogP contribution is -2.39. The van der Waals surface area contributed by atoms with Gasteiger partial charge in [0.05, 0.1) is 0 Å². The number of aromatic nitrogens is 2. The van der Waals surface area contributed by atoms with Crippen molar-refractivity contribution in [3.8, 4) is 0 Å². The van der Waals surface area contributed by atoms with E-state index in [1.807, 2.05) is 12.1 Å². The van der Waals surface area contributed by atoms with Crippen LogP contribution in [0, 0.1) is 5.92 Å². The molecule has 1 aromatic heterocycles. The first-order chi connectivity index (χ1) is 16.3. The monoisotopic (exact) mass is 449 g/mol. The second kappa shape index (κ2) is 12.7. The minimum atomic E-state index is 0.363. The zero-order valence-electron chi connectivity index (χ0n) is 19.9. The zero-order chi connectivity index (χ0) is 22.7. The van der Waals surface area contributed by atoms with Gasteiger partial charge in [0.15, 0.2) is 5.82 Å². The Labute approximate surface area is 199 Å². The third kappa shape index (κ3) is 7.53. The van der Waals surface area contributed by atoms with E-state index in [0.29, 0.717) is 18.2 Å². The average molecular weight is 450 g/mol. The molecular formula is C27H39N5O. The summed E-state index contributed by atoms with van der Waals surface area (Å²) in [6, 6.07) is 14.7. The normalized spacial score (nSPS) is 19.8. The van der Waals surface area contributed by atoms with Crippen molar-refractivity contribution in [1.29, 1.82) is 0 Å². The van der Waals surface area contributed by atoms with Gasteiger partial charge in [-0.1, -0.05) is 43.2 Å². The van der Waals surface area contributed by atoms with Crippen LogP contribution in [-0.4, -0.2) is 65.2 Å². The second-order valence-electron chi connectivity index (χ2n) is 9.63. The molecule has 0 spiro atoms. The average Bonchev–Trinajstić information content (AvgIpc) is 2.91. The molecule has 0 unspecified atom stereocenters. The maximum absolute atomic E-state index is 13.2. The lowest BCUT2D eigenvalue weighted by molar-refractivity contribution is -0.132. The number of nitrogens with zero attached hydrogens (tertiary/aromatic N) is 5. The molecule has 6 nitrogen and oxygen atoms in total. The van der Waals surface area contributed by atoms with Gasteiger partial charge in [0.1, 0.15) is 0 Å². The fourth-order valence-electron chi connectivity index (χ4n) is 5.15. The Balaban J connectivity index is 1.25. The molecule has 0 radical (unpaired) electrons. The highest BCUT2D eigenvalue weighted by atomic mass is 16.2. The van der Waals surface area contributed by atoms with E-state index < -0.39 is 0 Å². The lowest BCUT2D eigenvalue weighted by atomic mass is 9.93. The molecular weight excluding hydrogens is 410 g/mol. The first kappa shape index (κ1) is 23.7.